The molecule has 8 nitrogen and oxygen atoms in total. The van der Waals surface area contributed by atoms with Crippen molar-refractivity contribution in [1.29, 1.82) is 0 Å². The topological polar surface area (TPSA) is 87.4 Å². The molecule has 0 radical (unpaired) electrons. The highest BCUT2D eigenvalue weighted by Crippen LogP contribution is 2.39. The molecule has 1 N–H and O–H groups in total. The molecule has 2 amide bonds. The Kier molecular flexibility index (Phi) is 5.00. The Balaban J connectivity index is 1.17. The van der Waals surface area contributed by atoms with Crippen LogP contribution in [0.5, 0.6) is 0 Å². The Morgan fingerprint density at radius 3 is 2.67 bits per heavy atom. The number of aromatic nitrogens is 3. The van der Waals surface area contributed by atoms with Crippen molar-refractivity contribution in [2.45, 2.75) is 18.8 Å². The van der Waals surface area contributed by atoms with Crippen LogP contribution in [0.4, 0.5) is 16.3 Å². The predicted octanol–water partition coefficient (Wildman–Crippen LogP) is 4.02. The van der Waals surface area contributed by atoms with E-state index in [1.807, 2.05) is 24.3 Å². The van der Waals surface area contributed by atoms with Crippen molar-refractivity contribution in [3.8, 4) is 11.4 Å². The van der Waals surface area contributed by atoms with E-state index in [9.17, 15) is 4.79 Å². The van der Waals surface area contributed by atoms with Gasteiger partial charge in [0.2, 0.25) is 11.7 Å². The van der Waals surface area contributed by atoms with Crippen molar-refractivity contribution in [3.63, 3.8) is 0 Å². The summed E-state index contributed by atoms with van der Waals surface area (Å²) in [5, 5.41) is 7.55. The number of nitrogens with zero attached hydrogens (tertiary/aromatic N) is 5. The lowest BCUT2D eigenvalue weighted by Crippen LogP contribution is -2.50. The Labute approximate surface area is 178 Å². The van der Waals surface area contributed by atoms with Gasteiger partial charge in [0.15, 0.2) is 0 Å². The second-order valence-corrected chi connectivity index (χ2v) is 7.99. The van der Waals surface area contributed by atoms with Crippen molar-refractivity contribution in [2.75, 3.05) is 36.4 Å². The molecule has 0 atom stereocenters. The lowest BCUT2D eigenvalue weighted by atomic mass is 10.2. The molecule has 1 aliphatic heterocycles. The highest BCUT2D eigenvalue weighted by molar-refractivity contribution is 6.30. The quantitative estimate of drug-likeness (QED) is 0.680. The van der Waals surface area contributed by atoms with Crippen molar-refractivity contribution in [1.82, 2.24) is 20.0 Å². The number of urea groups is 1. The number of benzene rings is 1. The number of hydrogen-bond donors (Lipinski definition) is 1. The number of carbonyl (C=O) groups is 1. The average molecular weight is 425 g/mol. The minimum absolute atomic E-state index is 0.121. The van der Waals surface area contributed by atoms with E-state index in [1.165, 1.54) is 0 Å². The molecule has 1 saturated heterocycles. The molecule has 3 aromatic rings. The monoisotopic (exact) mass is 424 g/mol. The van der Waals surface area contributed by atoms with E-state index < -0.39 is 0 Å². The van der Waals surface area contributed by atoms with Crippen LogP contribution in [0.1, 0.15) is 24.7 Å². The third-order valence-electron chi connectivity index (χ3n) is 5.34. The first-order chi connectivity index (χ1) is 14.7. The molecular formula is C21H21ClN6O2. The molecular weight excluding hydrogens is 404 g/mol. The number of rotatable bonds is 4. The second kappa shape index (κ2) is 7.95. The maximum Gasteiger partial charge on any atom is 0.321 e. The molecule has 0 unspecified atom stereocenters. The fraction of sp³-hybridized carbons (Fsp3) is 0.333. The van der Waals surface area contributed by atoms with Crippen molar-refractivity contribution in [2.24, 2.45) is 0 Å². The Hall–Kier alpha value is -3.13. The molecule has 3 heterocycles. The van der Waals surface area contributed by atoms with Crippen LogP contribution in [0.2, 0.25) is 5.02 Å². The fourth-order valence-corrected chi connectivity index (χ4v) is 3.65. The molecule has 2 aromatic heterocycles. The molecule has 2 aliphatic rings. The zero-order valence-electron chi connectivity index (χ0n) is 16.3. The van der Waals surface area contributed by atoms with E-state index in [0.29, 0.717) is 48.6 Å². The van der Waals surface area contributed by atoms with Crippen LogP contribution in [-0.4, -0.2) is 52.2 Å². The van der Waals surface area contributed by atoms with E-state index in [-0.39, 0.29) is 6.03 Å². The Bertz CT molecular complexity index is 1040. The van der Waals surface area contributed by atoms with E-state index in [1.54, 1.807) is 23.2 Å². The molecule has 2 fully saturated rings. The molecule has 0 spiro atoms. The number of piperazine rings is 1. The SMILES string of the molecule is O=C(Nc1cccc(Cl)c1)N1CCN(c2ccc(-c3noc(C4CC4)n3)cn2)CC1. The van der Waals surface area contributed by atoms with E-state index >= 15 is 0 Å². The normalized spacial score (nSPS) is 16.6. The van der Waals surface area contributed by atoms with Crippen LogP contribution >= 0.6 is 11.6 Å². The van der Waals surface area contributed by atoms with Crippen molar-refractivity contribution >= 4 is 29.1 Å². The largest absolute Gasteiger partial charge is 0.353 e. The molecule has 1 aromatic carbocycles. The third kappa shape index (κ3) is 4.09. The number of anilines is 2. The molecule has 1 saturated carbocycles. The van der Waals surface area contributed by atoms with Gasteiger partial charge < -0.3 is 19.6 Å². The van der Waals surface area contributed by atoms with Gasteiger partial charge in [0.1, 0.15) is 5.82 Å². The van der Waals surface area contributed by atoms with Crippen LogP contribution < -0.4 is 10.2 Å². The minimum Gasteiger partial charge on any atom is -0.353 e. The smallest absolute Gasteiger partial charge is 0.321 e. The van der Waals surface area contributed by atoms with Gasteiger partial charge in [-0.05, 0) is 43.2 Å². The summed E-state index contributed by atoms with van der Waals surface area (Å²) in [4.78, 5) is 25.5. The molecule has 30 heavy (non-hydrogen) atoms. The van der Waals surface area contributed by atoms with Crippen LogP contribution in [0.25, 0.3) is 11.4 Å². The Morgan fingerprint density at radius 2 is 1.97 bits per heavy atom. The summed E-state index contributed by atoms with van der Waals surface area (Å²) >= 11 is 5.98. The third-order valence-corrected chi connectivity index (χ3v) is 5.58. The van der Waals surface area contributed by atoms with Crippen LogP contribution in [0.3, 0.4) is 0 Å². The van der Waals surface area contributed by atoms with E-state index in [0.717, 1.165) is 30.1 Å². The number of carbonyl (C=O) groups excluding carboxylic acids is 1. The summed E-state index contributed by atoms with van der Waals surface area (Å²) in [6.45, 7) is 2.66. The molecule has 5 rings (SSSR count). The van der Waals surface area contributed by atoms with Gasteiger partial charge >= 0.3 is 6.03 Å². The van der Waals surface area contributed by atoms with E-state index in [4.69, 9.17) is 16.1 Å². The summed E-state index contributed by atoms with van der Waals surface area (Å²) in [6.07, 6.45) is 4.03. The summed E-state index contributed by atoms with van der Waals surface area (Å²) in [7, 11) is 0. The number of halogens is 1. The predicted molar refractivity (Wildman–Crippen MR) is 114 cm³/mol. The first kappa shape index (κ1) is 18.9. The zero-order valence-corrected chi connectivity index (χ0v) is 17.0. The molecule has 154 valence electrons. The van der Waals surface area contributed by atoms with E-state index in [2.05, 4.69) is 25.3 Å². The summed E-state index contributed by atoms with van der Waals surface area (Å²) in [5.74, 6) is 2.62. The molecule has 1 aliphatic carbocycles. The van der Waals surface area contributed by atoms with Gasteiger partial charge in [-0.1, -0.05) is 22.8 Å². The number of hydrogen-bond acceptors (Lipinski definition) is 6. The number of pyridine rings is 1. The first-order valence-electron chi connectivity index (χ1n) is 10.0. The number of nitrogens with one attached hydrogen (secondary N) is 1. The Morgan fingerprint density at radius 1 is 1.13 bits per heavy atom. The van der Waals surface area contributed by atoms with Gasteiger partial charge in [-0.25, -0.2) is 9.78 Å². The first-order valence-corrected chi connectivity index (χ1v) is 10.4. The average Bonchev–Trinajstić information content (AvgIpc) is 3.51. The van der Waals surface area contributed by atoms with Crippen LogP contribution in [-0.2, 0) is 0 Å². The van der Waals surface area contributed by atoms with Gasteiger partial charge in [0.25, 0.3) is 0 Å². The summed E-state index contributed by atoms with van der Waals surface area (Å²) in [5.41, 5.74) is 1.53. The zero-order chi connectivity index (χ0) is 20.5. The lowest BCUT2D eigenvalue weighted by Gasteiger charge is -2.35. The van der Waals surface area contributed by atoms with Gasteiger partial charge in [-0.15, -0.1) is 0 Å². The maximum absolute atomic E-state index is 12.5. The fourth-order valence-electron chi connectivity index (χ4n) is 3.46. The van der Waals surface area contributed by atoms with Crippen LogP contribution in [0, 0.1) is 0 Å². The van der Waals surface area contributed by atoms with Crippen molar-refractivity contribution < 1.29 is 9.32 Å². The molecule has 9 heteroatoms. The van der Waals surface area contributed by atoms with Gasteiger partial charge in [-0.2, -0.15) is 4.98 Å². The van der Waals surface area contributed by atoms with Gasteiger partial charge in [0.05, 0.1) is 0 Å². The highest BCUT2D eigenvalue weighted by Gasteiger charge is 2.30. The number of amides is 2. The molecule has 0 bridgehead atoms. The lowest BCUT2D eigenvalue weighted by molar-refractivity contribution is 0.208. The minimum atomic E-state index is -0.121. The maximum atomic E-state index is 12.5. The van der Waals surface area contributed by atoms with Crippen molar-refractivity contribution in [3.05, 3.63) is 53.5 Å². The second-order valence-electron chi connectivity index (χ2n) is 7.55. The summed E-state index contributed by atoms with van der Waals surface area (Å²) in [6, 6.07) is 10.9. The van der Waals surface area contributed by atoms with Gasteiger partial charge in [0, 0.05) is 54.6 Å². The van der Waals surface area contributed by atoms with Crippen LogP contribution in [0.15, 0.2) is 47.1 Å². The van der Waals surface area contributed by atoms with Gasteiger partial charge in [-0.3, -0.25) is 0 Å². The standard InChI is InChI=1S/C21H21ClN6O2/c22-16-2-1-3-17(12-16)24-21(29)28-10-8-27(9-11-28)18-7-6-15(13-23-18)19-25-20(30-26-19)14-4-5-14/h1-3,6-7,12-14H,4-5,8-11H2,(H,24,29). The summed E-state index contributed by atoms with van der Waals surface area (Å²) < 4.78 is 5.32. The highest BCUT2D eigenvalue weighted by atomic mass is 35.5.